The van der Waals surface area contributed by atoms with E-state index in [0.717, 1.165) is 25.9 Å². The molecule has 3 heteroatoms. The molecule has 0 saturated heterocycles. The summed E-state index contributed by atoms with van der Waals surface area (Å²) in [4.78, 5) is 0. The monoisotopic (exact) mass is 398 g/mol. The molecule has 162 valence electrons. The fourth-order valence-electron chi connectivity index (χ4n) is 3.53. The highest BCUT2D eigenvalue weighted by Crippen LogP contribution is 2.20. The van der Waals surface area contributed by atoms with Gasteiger partial charge in [0.15, 0.2) is 0 Å². The van der Waals surface area contributed by atoms with E-state index in [1.807, 2.05) is 5.70 Å². The maximum atomic E-state index is 6.43. The van der Waals surface area contributed by atoms with Crippen molar-refractivity contribution in [3.05, 3.63) is 12.3 Å². The molecule has 2 atom stereocenters. The van der Waals surface area contributed by atoms with Gasteiger partial charge in [-0.2, -0.15) is 0 Å². The maximum absolute atomic E-state index is 6.43. The van der Waals surface area contributed by atoms with Gasteiger partial charge >= 0.3 is 8.56 Å². The van der Waals surface area contributed by atoms with Crippen LogP contribution >= 0.6 is 0 Å². The molecule has 0 aliphatic carbocycles. The Kier molecular flexibility index (Phi) is 19.1. The van der Waals surface area contributed by atoms with Crippen LogP contribution in [-0.2, 0) is 8.85 Å². The van der Waals surface area contributed by atoms with E-state index in [-0.39, 0.29) is 0 Å². The third-order valence-corrected chi connectivity index (χ3v) is 7.72. The Morgan fingerprint density at radius 1 is 0.704 bits per heavy atom. The first kappa shape index (κ1) is 26.9. The lowest BCUT2D eigenvalue weighted by molar-refractivity contribution is 0.108. The van der Waals surface area contributed by atoms with E-state index >= 15 is 0 Å². The molecule has 2 nitrogen and oxygen atoms in total. The van der Waals surface area contributed by atoms with Gasteiger partial charge < -0.3 is 8.85 Å². The molecule has 0 heterocycles. The van der Waals surface area contributed by atoms with E-state index in [4.69, 9.17) is 8.85 Å². The molecule has 0 aromatic rings. The predicted molar refractivity (Wildman–Crippen MR) is 124 cm³/mol. The van der Waals surface area contributed by atoms with Crippen molar-refractivity contribution in [1.29, 1.82) is 0 Å². The van der Waals surface area contributed by atoms with Crippen LogP contribution in [0.3, 0.4) is 0 Å². The van der Waals surface area contributed by atoms with E-state index in [1.54, 1.807) is 0 Å². The van der Waals surface area contributed by atoms with E-state index in [1.165, 1.54) is 83.5 Å². The number of unbranched alkanes of at least 4 members (excludes halogenated alkanes) is 11. The molecule has 0 aliphatic heterocycles. The van der Waals surface area contributed by atoms with Gasteiger partial charge in [-0.15, -0.1) is 6.58 Å². The van der Waals surface area contributed by atoms with Crippen LogP contribution in [0.25, 0.3) is 0 Å². The quantitative estimate of drug-likeness (QED) is 0.142. The summed E-state index contributed by atoms with van der Waals surface area (Å²) in [5.41, 5.74) is 1.97. The molecule has 0 fully saturated rings. The highest BCUT2D eigenvalue weighted by molar-refractivity contribution is 6.71. The Morgan fingerprint density at radius 2 is 1.22 bits per heavy atom. The van der Waals surface area contributed by atoms with Crippen LogP contribution < -0.4 is 0 Å². The molecule has 0 amide bonds. The Hall–Kier alpha value is -0.123. The predicted octanol–water partition coefficient (Wildman–Crippen LogP) is 8.49. The lowest BCUT2D eigenvalue weighted by Gasteiger charge is -2.29. The molecular formula is C24H50O2Si. The molecule has 0 aromatic carbocycles. The molecule has 0 aromatic heterocycles. The van der Waals surface area contributed by atoms with Gasteiger partial charge in [0.25, 0.3) is 0 Å². The molecule has 0 rings (SSSR count). The van der Waals surface area contributed by atoms with Crippen LogP contribution in [0.4, 0.5) is 0 Å². The van der Waals surface area contributed by atoms with Crippen molar-refractivity contribution >= 4 is 8.56 Å². The lowest BCUT2D eigenvalue weighted by atomic mass is 10.1. The number of hydrogen-bond acceptors (Lipinski definition) is 2. The summed E-state index contributed by atoms with van der Waals surface area (Å²) < 4.78 is 12.6. The van der Waals surface area contributed by atoms with Gasteiger partial charge in [0.05, 0.1) is 0 Å². The molecule has 27 heavy (non-hydrogen) atoms. The van der Waals surface area contributed by atoms with Crippen molar-refractivity contribution in [3.8, 4) is 0 Å². The van der Waals surface area contributed by atoms with E-state index in [9.17, 15) is 0 Å². The molecule has 0 aliphatic rings. The first-order valence-electron chi connectivity index (χ1n) is 12.1. The van der Waals surface area contributed by atoms with Crippen molar-refractivity contribution in [2.45, 2.75) is 136 Å². The number of rotatable bonds is 21. The first-order valence-corrected chi connectivity index (χ1v) is 14.5. The third kappa shape index (κ3) is 16.5. The van der Waals surface area contributed by atoms with Crippen molar-refractivity contribution in [2.24, 2.45) is 0 Å². The zero-order chi connectivity index (χ0) is 20.2. The van der Waals surface area contributed by atoms with Gasteiger partial charge in [-0.1, -0.05) is 104 Å². The molecule has 2 unspecified atom stereocenters. The van der Waals surface area contributed by atoms with Crippen LogP contribution in [0, 0.1) is 0 Å². The minimum atomic E-state index is -2.21. The van der Waals surface area contributed by atoms with Crippen LogP contribution in [0.1, 0.15) is 124 Å². The third-order valence-electron chi connectivity index (χ3n) is 5.40. The molecule has 0 radical (unpaired) electrons. The normalized spacial score (nSPS) is 14.8. The average Bonchev–Trinajstić information content (AvgIpc) is 2.67. The molecule has 0 bridgehead atoms. The van der Waals surface area contributed by atoms with E-state index in [2.05, 4.69) is 33.9 Å². The van der Waals surface area contributed by atoms with E-state index < -0.39 is 8.56 Å². The van der Waals surface area contributed by atoms with Crippen LogP contribution in [-0.4, -0.2) is 21.3 Å². The summed E-state index contributed by atoms with van der Waals surface area (Å²) in [6.45, 7) is 13.8. The van der Waals surface area contributed by atoms with Gasteiger partial charge in [0, 0.05) is 12.7 Å². The van der Waals surface area contributed by atoms with Gasteiger partial charge in [0.1, 0.15) is 0 Å². The molecular weight excluding hydrogens is 348 g/mol. The first-order chi connectivity index (χ1) is 13.1. The van der Waals surface area contributed by atoms with Gasteiger partial charge in [-0.05, 0) is 31.5 Å². The van der Waals surface area contributed by atoms with Gasteiger partial charge in [-0.3, -0.25) is 0 Å². The van der Waals surface area contributed by atoms with Crippen molar-refractivity contribution in [2.75, 3.05) is 6.61 Å². The average molecular weight is 399 g/mol. The Bertz CT molecular complexity index is 322. The van der Waals surface area contributed by atoms with Gasteiger partial charge in [-0.25, -0.2) is 0 Å². The zero-order valence-corrected chi connectivity index (χ0v) is 20.2. The summed E-state index contributed by atoms with van der Waals surface area (Å²) >= 11 is 0. The Balaban J connectivity index is 3.77. The fraction of sp³-hybridized carbons (Fsp3) is 0.917. The number of hydrogen-bond donors (Lipinski definition) is 0. The Morgan fingerprint density at radius 3 is 1.70 bits per heavy atom. The van der Waals surface area contributed by atoms with Crippen molar-refractivity contribution in [1.82, 2.24) is 0 Å². The standard InChI is InChI=1S/C24H50O2Si/c1-6-10-12-13-14-15-16-17-18-19-20-23-25-27(5,9-4)26-24(21-8-3)22-11-7-2/h9,24H,4,6-8,10-23H2,1-3,5H3. The molecule has 0 spiro atoms. The zero-order valence-electron chi connectivity index (χ0n) is 19.2. The van der Waals surface area contributed by atoms with Crippen molar-refractivity contribution in [3.63, 3.8) is 0 Å². The molecule has 0 N–H and O–H groups in total. The second-order valence-electron chi connectivity index (χ2n) is 8.27. The topological polar surface area (TPSA) is 18.5 Å². The molecule has 0 saturated carbocycles. The minimum Gasteiger partial charge on any atom is -0.391 e. The van der Waals surface area contributed by atoms with Crippen LogP contribution in [0.15, 0.2) is 12.3 Å². The SMILES string of the molecule is C=C[Si](C)(OCCCCCCCCCCCCC)OC(CCC)CCCC. The van der Waals surface area contributed by atoms with Crippen molar-refractivity contribution < 1.29 is 8.85 Å². The summed E-state index contributed by atoms with van der Waals surface area (Å²) in [7, 11) is -2.21. The minimum absolute atomic E-state index is 0.349. The summed E-state index contributed by atoms with van der Waals surface area (Å²) in [5.74, 6) is 0. The summed E-state index contributed by atoms with van der Waals surface area (Å²) in [6.07, 6.45) is 21.3. The maximum Gasteiger partial charge on any atom is 0.361 e. The second kappa shape index (κ2) is 19.2. The highest BCUT2D eigenvalue weighted by Gasteiger charge is 2.30. The van der Waals surface area contributed by atoms with Crippen LogP contribution in [0.2, 0.25) is 6.55 Å². The smallest absolute Gasteiger partial charge is 0.361 e. The lowest BCUT2D eigenvalue weighted by Crippen LogP contribution is -2.41. The van der Waals surface area contributed by atoms with Gasteiger partial charge in [0.2, 0.25) is 0 Å². The summed E-state index contributed by atoms with van der Waals surface area (Å²) in [6, 6.07) is 0. The van der Waals surface area contributed by atoms with E-state index in [0.29, 0.717) is 6.10 Å². The largest absolute Gasteiger partial charge is 0.391 e. The fourth-order valence-corrected chi connectivity index (χ4v) is 5.26. The highest BCUT2D eigenvalue weighted by atomic mass is 28.4. The summed E-state index contributed by atoms with van der Waals surface area (Å²) in [5, 5.41) is 0. The van der Waals surface area contributed by atoms with Crippen LogP contribution in [0.5, 0.6) is 0 Å². The second-order valence-corrected chi connectivity index (χ2v) is 11.2. The Labute approximate surface area is 172 Å².